The second-order valence-electron chi connectivity index (χ2n) is 7.45. The van der Waals surface area contributed by atoms with Crippen molar-refractivity contribution in [1.29, 1.82) is 0 Å². The first-order valence-electron chi connectivity index (χ1n) is 8.83. The summed E-state index contributed by atoms with van der Waals surface area (Å²) < 4.78 is 5.89. The Balaban J connectivity index is 1.63. The summed E-state index contributed by atoms with van der Waals surface area (Å²) in [4.78, 5) is 26.8. The van der Waals surface area contributed by atoms with Crippen molar-refractivity contribution in [2.45, 2.75) is 32.1 Å². The van der Waals surface area contributed by atoms with Gasteiger partial charge in [-0.25, -0.2) is 0 Å². The molecule has 0 unspecified atom stereocenters. The number of fused-ring (bicyclic) bond motifs is 2. The van der Waals surface area contributed by atoms with Crippen LogP contribution in [-0.2, 0) is 16.0 Å². The molecule has 5 nitrogen and oxygen atoms in total. The average Bonchev–Trinajstić information content (AvgIpc) is 3.20. The zero-order chi connectivity index (χ0) is 16.7. The molecule has 0 aromatic heterocycles. The van der Waals surface area contributed by atoms with E-state index >= 15 is 0 Å². The molecule has 1 saturated carbocycles. The van der Waals surface area contributed by atoms with Gasteiger partial charge in [0.15, 0.2) is 0 Å². The second kappa shape index (κ2) is 5.80. The van der Waals surface area contributed by atoms with Gasteiger partial charge in [-0.3, -0.25) is 9.59 Å². The third-order valence-corrected chi connectivity index (χ3v) is 6.06. The number of likely N-dealkylation sites (tertiary alicyclic amines) is 1. The van der Waals surface area contributed by atoms with Gasteiger partial charge in [-0.15, -0.1) is 0 Å². The molecular weight excluding hydrogens is 306 g/mol. The van der Waals surface area contributed by atoms with Crippen molar-refractivity contribution in [1.82, 2.24) is 4.90 Å². The van der Waals surface area contributed by atoms with Crippen LogP contribution in [0.3, 0.4) is 0 Å². The van der Waals surface area contributed by atoms with E-state index in [2.05, 4.69) is 0 Å². The SMILES string of the molecule is O=C(C1CCCC1)N1C[C@@H]2COc3ccccc3C[C@]2(C(=O)O)C1. The van der Waals surface area contributed by atoms with Gasteiger partial charge < -0.3 is 14.7 Å². The second-order valence-corrected chi connectivity index (χ2v) is 7.45. The Kier molecular flexibility index (Phi) is 3.74. The Morgan fingerprint density at radius 2 is 1.96 bits per heavy atom. The molecule has 5 heteroatoms. The highest BCUT2D eigenvalue weighted by atomic mass is 16.5. The zero-order valence-corrected chi connectivity index (χ0v) is 13.7. The highest BCUT2D eigenvalue weighted by Gasteiger charge is 2.55. The van der Waals surface area contributed by atoms with E-state index in [4.69, 9.17) is 4.74 Å². The van der Waals surface area contributed by atoms with Crippen molar-refractivity contribution in [3.63, 3.8) is 0 Å². The number of ether oxygens (including phenoxy) is 1. The summed E-state index contributed by atoms with van der Waals surface area (Å²) >= 11 is 0. The molecular formula is C19H23NO4. The van der Waals surface area contributed by atoms with E-state index in [0.29, 0.717) is 26.1 Å². The van der Waals surface area contributed by atoms with Gasteiger partial charge in [0.25, 0.3) is 0 Å². The fourth-order valence-corrected chi connectivity index (χ4v) is 4.63. The van der Waals surface area contributed by atoms with Gasteiger partial charge in [0.05, 0.1) is 12.0 Å². The van der Waals surface area contributed by atoms with E-state index in [1.165, 1.54) is 0 Å². The molecule has 1 aliphatic carbocycles. The minimum atomic E-state index is -0.930. The maximum absolute atomic E-state index is 12.8. The molecule has 0 bridgehead atoms. The van der Waals surface area contributed by atoms with Crippen LogP contribution in [0.25, 0.3) is 0 Å². The Labute approximate surface area is 141 Å². The summed E-state index contributed by atoms with van der Waals surface area (Å²) in [6, 6.07) is 7.65. The Bertz CT molecular complexity index is 667. The van der Waals surface area contributed by atoms with Crippen LogP contribution in [0.5, 0.6) is 5.75 Å². The van der Waals surface area contributed by atoms with Crippen molar-refractivity contribution >= 4 is 11.9 Å². The number of aliphatic carboxylic acids is 1. The smallest absolute Gasteiger partial charge is 0.312 e. The molecule has 1 saturated heterocycles. The summed E-state index contributed by atoms with van der Waals surface area (Å²) in [6.07, 6.45) is 4.53. The summed E-state index contributed by atoms with van der Waals surface area (Å²) in [5.41, 5.74) is -0.00139. The molecule has 0 radical (unpaired) electrons. The Morgan fingerprint density at radius 3 is 2.71 bits per heavy atom. The fraction of sp³-hybridized carbons (Fsp3) is 0.579. The quantitative estimate of drug-likeness (QED) is 0.904. The van der Waals surface area contributed by atoms with Gasteiger partial charge >= 0.3 is 5.97 Å². The van der Waals surface area contributed by atoms with Crippen molar-refractivity contribution in [3.8, 4) is 5.75 Å². The predicted octanol–water partition coefficient (Wildman–Crippen LogP) is 2.34. The number of hydrogen-bond donors (Lipinski definition) is 1. The molecule has 128 valence electrons. The lowest BCUT2D eigenvalue weighted by molar-refractivity contribution is -0.151. The summed E-state index contributed by atoms with van der Waals surface area (Å²) in [7, 11) is 0. The van der Waals surface area contributed by atoms with Gasteiger partial charge in [0, 0.05) is 24.9 Å². The number of amides is 1. The molecule has 2 atom stereocenters. The molecule has 2 fully saturated rings. The van der Waals surface area contributed by atoms with Gasteiger partial charge in [-0.05, 0) is 30.9 Å². The van der Waals surface area contributed by atoms with Crippen molar-refractivity contribution < 1.29 is 19.4 Å². The molecule has 0 spiro atoms. The number of hydrogen-bond acceptors (Lipinski definition) is 3. The van der Waals surface area contributed by atoms with Crippen LogP contribution in [0.2, 0.25) is 0 Å². The van der Waals surface area contributed by atoms with Crippen LogP contribution >= 0.6 is 0 Å². The van der Waals surface area contributed by atoms with Crippen LogP contribution in [-0.4, -0.2) is 41.6 Å². The molecule has 1 N–H and O–H groups in total. The first-order chi connectivity index (χ1) is 11.6. The number of nitrogens with zero attached hydrogens (tertiary/aromatic N) is 1. The molecule has 2 aliphatic heterocycles. The van der Waals surface area contributed by atoms with E-state index in [-0.39, 0.29) is 17.7 Å². The molecule has 1 amide bonds. The van der Waals surface area contributed by atoms with E-state index in [1.54, 1.807) is 4.90 Å². The van der Waals surface area contributed by atoms with Crippen LogP contribution in [0.1, 0.15) is 31.2 Å². The predicted molar refractivity (Wildman–Crippen MR) is 87.7 cm³/mol. The Hall–Kier alpha value is -2.04. The maximum atomic E-state index is 12.8. The lowest BCUT2D eigenvalue weighted by Crippen LogP contribution is -2.42. The lowest BCUT2D eigenvalue weighted by Gasteiger charge is -2.27. The standard InChI is InChI=1S/C19H23NO4/c21-17(13-5-1-2-6-13)20-10-15-11-24-16-8-4-3-7-14(16)9-19(15,12-20)18(22)23/h3-4,7-8,13,15H,1-2,5-6,9-12H2,(H,22,23)/t15-,19+/m1/s1. The summed E-state index contributed by atoms with van der Waals surface area (Å²) in [6.45, 7) is 1.16. The van der Waals surface area contributed by atoms with Crippen LogP contribution in [0.4, 0.5) is 0 Å². The molecule has 1 aromatic rings. The minimum absolute atomic E-state index is 0.0893. The molecule has 24 heavy (non-hydrogen) atoms. The molecule has 1 aromatic carbocycles. The van der Waals surface area contributed by atoms with Gasteiger partial charge in [0.1, 0.15) is 5.75 Å². The third-order valence-electron chi connectivity index (χ3n) is 6.06. The average molecular weight is 329 g/mol. The van der Waals surface area contributed by atoms with Crippen LogP contribution in [0.15, 0.2) is 24.3 Å². The molecule has 3 aliphatic rings. The number of benzene rings is 1. The highest BCUT2D eigenvalue weighted by molar-refractivity contribution is 5.83. The first kappa shape index (κ1) is 15.5. The van der Waals surface area contributed by atoms with Crippen LogP contribution < -0.4 is 4.74 Å². The van der Waals surface area contributed by atoms with E-state index in [1.807, 2.05) is 24.3 Å². The number of carbonyl (C=O) groups excluding carboxylic acids is 1. The number of rotatable bonds is 2. The molecule has 2 heterocycles. The Morgan fingerprint density at radius 1 is 1.21 bits per heavy atom. The van der Waals surface area contributed by atoms with Crippen molar-refractivity contribution in [2.24, 2.45) is 17.3 Å². The lowest BCUT2D eigenvalue weighted by atomic mass is 9.74. The largest absolute Gasteiger partial charge is 0.493 e. The van der Waals surface area contributed by atoms with E-state index in [9.17, 15) is 14.7 Å². The van der Waals surface area contributed by atoms with Crippen molar-refractivity contribution in [3.05, 3.63) is 29.8 Å². The van der Waals surface area contributed by atoms with Crippen LogP contribution in [0, 0.1) is 17.3 Å². The normalized spacial score (nSPS) is 29.5. The molecule has 4 rings (SSSR count). The number of carbonyl (C=O) groups is 2. The third kappa shape index (κ3) is 2.38. The fourth-order valence-electron chi connectivity index (χ4n) is 4.63. The maximum Gasteiger partial charge on any atom is 0.312 e. The number of para-hydroxylation sites is 1. The number of carboxylic acids is 1. The minimum Gasteiger partial charge on any atom is -0.493 e. The van der Waals surface area contributed by atoms with Gasteiger partial charge in [0.2, 0.25) is 5.91 Å². The number of carboxylic acid groups (broad SMARTS) is 1. The first-order valence-corrected chi connectivity index (χ1v) is 8.83. The van der Waals surface area contributed by atoms with E-state index in [0.717, 1.165) is 37.0 Å². The van der Waals surface area contributed by atoms with Crippen molar-refractivity contribution in [2.75, 3.05) is 19.7 Å². The van der Waals surface area contributed by atoms with Gasteiger partial charge in [-0.1, -0.05) is 31.0 Å². The zero-order valence-electron chi connectivity index (χ0n) is 13.7. The summed E-state index contributed by atoms with van der Waals surface area (Å²) in [5, 5.41) is 10.0. The highest BCUT2D eigenvalue weighted by Crippen LogP contribution is 2.44. The summed E-state index contributed by atoms with van der Waals surface area (Å²) in [5.74, 6) is 0.0457. The monoisotopic (exact) mass is 329 g/mol. The van der Waals surface area contributed by atoms with E-state index < -0.39 is 11.4 Å². The van der Waals surface area contributed by atoms with Gasteiger partial charge in [-0.2, -0.15) is 0 Å². The topological polar surface area (TPSA) is 66.8 Å².